The van der Waals surface area contributed by atoms with Crippen molar-refractivity contribution in [3.8, 4) is 0 Å². The first-order valence-electron chi connectivity index (χ1n) is 6.13. The maximum atomic E-state index is 11.9. The zero-order chi connectivity index (χ0) is 16.8. The largest absolute Gasteiger partial charge is 0.405 e. The molecule has 0 aliphatic carbocycles. The molecule has 0 heterocycles. The van der Waals surface area contributed by atoms with E-state index in [1.807, 2.05) is 0 Å². The maximum absolute atomic E-state index is 11.9. The molecule has 1 aromatic carbocycles. The summed E-state index contributed by atoms with van der Waals surface area (Å²) in [7, 11) is -2.79. The second kappa shape index (κ2) is 7.41. The molecule has 0 saturated carbocycles. The number of alkyl halides is 3. The Bertz CT molecular complexity index is 628. The molecule has 122 valence electrons. The first kappa shape index (κ1) is 18.2. The van der Waals surface area contributed by atoms with Crippen molar-refractivity contribution in [2.45, 2.75) is 6.18 Å². The van der Waals surface area contributed by atoms with Crippen LogP contribution < -0.4 is 5.32 Å². The molecule has 1 amide bonds. The predicted molar refractivity (Wildman–Crippen MR) is 76.1 cm³/mol. The third kappa shape index (κ3) is 6.72. The van der Waals surface area contributed by atoms with Crippen molar-refractivity contribution in [1.29, 1.82) is 0 Å². The fraction of sp³-hybridized carbons (Fsp3) is 0.308. The fourth-order valence-corrected chi connectivity index (χ4v) is 2.21. The molecular formula is C13H15F3N2O3S. The van der Waals surface area contributed by atoms with E-state index >= 15 is 0 Å². The Morgan fingerprint density at radius 1 is 1.27 bits per heavy atom. The first-order chi connectivity index (χ1) is 10.1. The summed E-state index contributed by atoms with van der Waals surface area (Å²) in [6.07, 6.45) is -3.21. The molecule has 1 aromatic rings. The Hall–Kier alpha value is -1.87. The molecule has 0 bridgehead atoms. The zero-order valence-corrected chi connectivity index (χ0v) is 12.5. The van der Waals surface area contributed by atoms with Crippen LogP contribution in [0.5, 0.6) is 0 Å². The highest BCUT2D eigenvalue weighted by Gasteiger charge is 2.28. The second-order valence-electron chi connectivity index (χ2n) is 4.41. The number of hydrogen-bond donors (Lipinski definition) is 1. The SMILES string of the molecule is CN(CC(=O)NCC(F)(F)F)S(=O)(=O)/C=C/c1ccccc1. The summed E-state index contributed by atoms with van der Waals surface area (Å²) in [6, 6.07) is 8.58. The number of nitrogens with one attached hydrogen (secondary N) is 1. The Kier molecular flexibility index (Phi) is 6.12. The van der Waals surface area contributed by atoms with Crippen LogP contribution in [0.25, 0.3) is 6.08 Å². The standard InChI is InChI=1S/C13H15F3N2O3S/c1-18(9-12(19)17-10-13(14,15)16)22(20,21)8-7-11-5-3-2-4-6-11/h2-8H,9-10H2,1H3,(H,17,19)/b8-7+. The van der Waals surface area contributed by atoms with Gasteiger partial charge in [0.2, 0.25) is 15.9 Å². The molecular weight excluding hydrogens is 321 g/mol. The van der Waals surface area contributed by atoms with Gasteiger partial charge >= 0.3 is 6.18 Å². The average molecular weight is 336 g/mol. The minimum atomic E-state index is -4.54. The Balaban J connectivity index is 2.61. The van der Waals surface area contributed by atoms with Crippen LogP contribution in [0.1, 0.15) is 5.56 Å². The van der Waals surface area contributed by atoms with Crippen LogP contribution in [-0.2, 0) is 14.8 Å². The van der Waals surface area contributed by atoms with Crippen LogP contribution in [-0.4, -0.2) is 44.9 Å². The van der Waals surface area contributed by atoms with Crippen molar-refractivity contribution in [3.63, 3.8) is 0 Å². The molecule has 22 heavy (non-hydrogen) atoms. The van der Waals surface area contributed by atoms with E-state index in [9.17, 15) is 26.4 Å². The smallest absolute Gasteiger partial charge is 0.346 e. The highest BCUT2D eigenvalue weighted by molar-refractivity contribution is 7.92. The minimum absolute atomic E-state index is 0.640. The molecule has 0 aromatic heterocycles. The molecule has 0 aliphatic heterocycles. The molecule has 0 aliphatic rings. The number of sulfonamides is 1. The molecule has 0 fully saturated rings. The van der Waals surface area contributed by atoms with E-state index in [1.54, 1.807) is 35.6 Å². The number of rotatable bonds is 6. The molecule has 0 spiro atoms. The summed E-state index contributed by atoms with van der Waals surface area (Å²) >= 11 is 0. The number of carbonyl (C=O) groups excluding carboxylic acids is 1. The number of amides is 1. The van der Waals surface area contributed by atoms with Gasteiger partial charge in [0.1, 0.15) is 6.54 Å². The summed E-state index contributed by atoms with van der Waals surface area (Å²) in [5.41, 5.74) is 0.640. The van der Waals surface area contributed by atoms with Gasteiger partial charge in [-0.25, -0.2) is 8.42 Å². The predicted octanol–water partition coefficient (Wildman–Crippen LogP) is 1.60. The molecule has 0 atom stereocenters. The van der Waals surface area contributed by atoms with Gasteiger partial charge in [0, 0.05) is 12.5 Å². The van der Waals surface area contributed by atoms with Gasteiger partial charge in [-0.1, -0.05) is 30.3 Å². The van der Waals surface area contributed by atoms with E-state index in [0.29, 0.717) is 9.87 Å². The average Bonchev–Trinajstić information content (AvgIpc) is 2.43. The Labute approximate surface area is 126 Å². The van der Waals surface area contributed by atoms with Crippen molar-refractivity contribution in [3.05, 3.63) is 41.3 Å². The van der Waals surface area contributed by atoms with Crippen LogP contribution >= 0.6 is 0 Å². The lowest BCUT2D eigenvalue weighted by molar-refractivity contribution is -0.138. The van der Waals surface area contributed by atoms with Crippen LogP contribution in [0.2, 0.25) is 0 Å². The van der Waals surface area contributed by atoms with Crippen LogP contribution in [0, 0.1) is 0 Å². The topological polar surface area (TPSA) is 66.5 Å². The van der Waals surface area contributed by atoms with Crippen molar-refractivity contribution in [2.24, 2.45) is 0 Å². The molecule has 0 unspecified atom stereocenters. The number of nitrogens with zero attached hydrogens (tertiary/aromatic N) is 1. The van der Waals surface area contributed by atoms with Gasteiger partial charge in [-0.15, -0.1) is 0 Å². The highest BCUT2D eigenvalue weighted by atomic mass is 32.2. The third-order valence-corrected chi connectivity index (χ3v) is 4.00. The maximum Gasteiger partial charge on any atom is 0.405 e. The number of hydrogen-bond acceptors (Lipinski definition) is 3. The molecule has 1 N–H and O–H groups in total. The molecule has 9 heteroatoms. The van der Waals surface area contributed by atoms with Gasteiger partial charge in [0.15, 0.2) is 0 Å². The van der Waals surface area contributed by atoms with Crippen LogP contribution in [0.15, 0.2) is 35.7 Å². The molecule has 5 nitrogen and oxygen atoms in total. The summed E-state index contributed by atoms with van der Waals surface area (Å²) in [6.45, 7) is -2.20. The van der Waals surface area contributed by atoms with Crippen LogP contribution in [0.4, 0.5) is 13.2 Å². The van der Waals surface area contributed by atoms with E-state index in [2.05, 4.69) is 0 Å². The van der Waals surface area contributed by atoms with Crippen molar-refractivity contribution in [1.82, 2.24) is 9.62 Å². The van der Waals surface area contributed by atoms with E-state index in [0.717, 1.165) is 12.5 Å². The lowest BCUT2D eigenvalue weighted by Crippen LogP contribution is -2.41. The minimum Gasteiger partial charge on any atom is -0.346 e. The van der Waals surface area contributed by atoms with Crippen molar-refractivity contribution >= 4 is 22.0 Å². The van der Waals surface area contributed by atoms with Crippen molar-refractivity contribution < 1.29 is 26.4 Å². The highest BCUT2D eigenvalue weighted by Crippen LogP contribution is 2.12. The third-order valence-electron chi connectivity index (χ3n) is 2.52. The van der Waals surface area contributed by atoms with Gasteiger partial charge in [0.25, 0.3) is 0 Å². The van der Waals surface area contributed by atoms with Gasteiger partial charge in [-0.3, -0.25) is 4.79 Å². The fourth-order valence-electron chi connectivity index (χ4n) is 1.38. The summed E-state index contributed by atoms with van der Waals surface area (Å²) in [5, 5.41) is 2.49. The van der Waals surface area contributed by atoms with E-state index in [1.165, 1.54) is 6.08 Å². The normalized spacial score (nSPS) is 12.8. The Morgan fingerprint density at radius 2 is 1.86 bits per heavy atom. The molecule has 0 radical (unpaired) electrons. The summed E-state index contributed by atoms with van der Waals surface area (Å²) < 4.78 is 60.2. The van der Waals surface area contributed by atoms with Gasteiger partial charge in [0.05, 0.1) is 6.54 Å². The number of carbonyl (C=O) groups is 1. The molecule has 0 saturated heterocycles. The number of halogens is 3. The van der Waals surface area contributed by atoms with Gasteiger partial charge < -0.3 is 5.32 Å². The zero-order valence-electron chi connectivity index (χ0n) is 11.7. The Morgan fingerprint density at radius 3 is 2.41 bits per heavy atom. The van der Waals surface area contributed by atoms with E-state index < -0.39 is 35.2 Å². The first-order valence-corrected chi connectivity index (χ1v) is 7.63. The molecule has 1 rings (SSSR count). The van der Waals surface area contributed by atoms with E-state index in [-0.39, 0.29) is 0 Å². The van der Waals surface area contributed by atoms with Gasteiger partial charge in [-0.05, 0) is 11.6 Å². The lowest BCUT2D eigenvalue weighted by Gasteiger charge is -2.15. The monoisotopic (exact) mass is 336 g/mol. The van der Waals surface area contributed by atoms with E-state index in [4.69, 9.17) is 0 Å². The quantitative estimate of drug-likeness (QED) is 0.858. The lowest BCUT2D eigenvalue weighted by atomic mass is 10.2. The van der Waals surface area contributed by atoms with Crippen molar-refractivity contribution in [2.75, 3.05) is 20.1 Å². The number of benzene rings is 1. The number of likely N-dealkylation sites (N-methyl/N-ethyl adjacent to an activating group) is 1. The summed E-state index contributed by atoms with van der Waals surface area (Å²) in [4.78, 5) is 11.3. The summed E-state index contributed by atoms with van der Waals surface area (Å²) in [5.74, 6) is -1.03. The second-order valence-corrected chi connectivity index (χ2v) is 6.33. The van der Waals surface area contributed by atoms with Gasteiger partial charge in [-0.2, -0.15) is 17.5 Å². The van der Waals surface area contributed by atoms with Crippen LogP contribution in [0.3, 0.4) is 0 Å².